The van der Waals surface area contributed by atoms with Crippen LogP contribution in [0, 0.1) is 5.92 Å². The number of anilines is 1. The monoisotopic (exact) mass is 273 g/mol. The van der Waals surface area contributed by atoms with Gasteiger partial charge in [-0.2, -0.15) is 0 Å². The highest BCUT2D eigenvalue weighted by atomic mass is 35.5. The fraction of sp³-hybridized carbons (Fsp3) is 0.273. The minimum absolute atomic E-state index is 0.00822. The SMILES string of the molecule is O=C(O)[C@@H]1CC(=O)N(c2ccc(Cl)cc2Cl)C1. The van der Waals surface area contributed by atoms with E-state index in [0.29, 0.717) is 15.7 Å². The number of amides is 1. The van der Waals surface area contributed by atoms with Gasteiger partial charge >= 0.3 is 5.97 Å². The molecule has 6 heteroatoms. The summed E-state index contributed by atoms with van der Waals surface area (Å²) in [5.74, 6) is -1.87. The number of aliphatic carboxylic acids is 1. The number of hydrogen-bond acceptors (Lipinski definition) is 2. The van der Waals surface area contributed by atoms with Crippen LogP contribution in [-0.2, 0) is 9.59 Å². The van der Waals surface area contributed by atoms with E-state index in [9.17, 15) is 9.59 Å². The Balaban J connectivity index is 2.29. The van der Waals surface area contributed by atoms with Crippen molar-refractivity contribution in [2.24, 2.45) is 5.92 Å². The van der Waals surface area contributed by atoms with Crippen molar-refractivity contribution in [1.29, 1.82) is 0 Å². The largest absolute Gasteiger partial charge is 0.481 e. The van der Waals surface area contributed by atoms with E-state index >= 15 is 0 Å². The third-order valence-corrected chi connectivity index (χ3v) is 3.21. The van der Waals surface area contributed by atoms with Crippen LogP contribution in [0.15, 0.2) is 18.2 Å². The van der Waals surface area contributed by atoms with Gasteiger partial charge in [-0.15, -0.1) is 0 Å². The minimum Gasteiger partial charge on any atom is -0.481 e. The summed E-state index contributed by atoms with van der Waals surface area (Å²) >= 11 is 11.7. The summed E-state index contributed by atoms with van der Waals surface area (Å²) in [4.78, 5) is 23.9. The van der Waals surface area contributed by atoms with Crippen molar-refractivity contribution in [3.8, 4) is 0 Å². The lowest BCUT2D eigenvalue weighted by molar-refractivity contribution is -0.141. The first kappa shape index (κ1) is 12.2. The molecule has 0 radical (unpaired) electrons. The number of carbonyl (C=O) groups excluding carboxylic acids is 1. The third kappa shape index (κ3) is 2.37. The van der Waals surface area contributed by atoms with Crippen LogP contribution in [0.25, 0.3) is 0 Å². The Morgan fingerprint density at radius 3 is 2.65 bits per heavy atom. The van der Waals surface area contributed by atoms with Gasteiger partial charge in [-0.25, -0.2) is 0 Å². The van der Waals surface area contributed by atoms with Gasteiger partial charge in [0.25, 0.3) is 0 Å². The van der Waals surface area contributed by atoms with Gasteiger partial charge in [0.05, 0.1) is 16.6 Å². The van der Waals surface area contributed by atoms with Crippen molar-refractivity contribution in [3.05, 3.63) is 28.2 Å². The molecule has 4 nitrogen and oxygen atoms in total. The Hall–Kier alpha value is -1.26. The number of nitrogens with zero attached hydrogens (tertiary/aromatic N) is 1. The molecule has 0 spiro atoms. The molecule has 1 saturated heterocycles. The van der Waals surface area contributed by atoms with E-state index in [1.54, 1.807) is 12.1 Å². The van der Waals surface area contributed by atoms with E-state index < -0.39 is 11.9 Å². The maximum absolute atomic E-state index is 11.7. The van der Waals surface area contributed by atoms with Gasteiger partial charge in [-0.3, -0.25) is 9.59 Å². The van der Waals surface area contributed by atoms with Crippen molar-refractivity contribution < 1.29 is 14.7 Å². The average molecular weight is 274 g/mol. The number of carboxylic acids is 1. The lowest BCUT2D eigenvalue weighted by Crippen LogP contribution is -2.26. The van der Waals surface area contributed by atoms with Gasteiger partial charge in [-0.05, 0) is 18.2 Å². The van der Waals surface area contributed by atoms with Gasteiger partial charge in [0.1, 0.15) is 0 Å². The smallest absolute Gasteiger partial charge is 0.308 e. The number of benzene rings is 1. The maximum atomic E-state index is 11.7. The van der Waals surface area contributed by atoms with Gasteiger partial charge < -0.3 is 10.0 Å². The molecule has 17 heavy (non-hydrogen) atoms. The second-order valence-electron chi connectivity index (χ2n) is 3.84. The van der Waals surface area contributed by atoms with Crippen LogP contribution in [0.5, 0.6) is 0 Å². The molecule has 1 heterocycles. The zero-order valence-corrected chi connectivity index (χ0v) is 10.2. The molecule has 0 aliphatic carbocycles. The van der Waals surface area contributed by atoms with Crippen LogP contribution in [0.3, 0.4) is 0 Å². The van der Waals surface area contributed by atoms with E-state index in [0.717, 1.165) is 0 Å². The Morgan fingerprint density at radius 2 is 2.12 bits per heavy atom. The van der Waals surface area contributed by atoms with Crippen LogP contribution < -0.4 is 4.90 Å². The van der Waals surface area contributed by atoms with Crippen molar-refractivity contribution >= 4 is 40.8 Å². The highest BCUT2D eigenvalue weighted by Crippen LogP contribution is 2.33. The summed E-state index contributed by atoms with van der Waals surface area (Å²) in [5.41, 5.74) is 0.504. The zero-order chi connectivity index (χ0) is 12.6. The number of carbonyl (C=O) groups is 2. The predicted octanol–water partition coefficient (Wildman–Crippen LogP) is 2.43. The first-order valence-electron chi connectivity index (χ1n) is 4.97. The molecule has 1 aliphatic rings. The Bertz CT molecular complexity index is 490. The van der Waals surface area contributed by atoms with Crippen molar-refractivity contribution in [2.45, 2.75) is 6.42 Å². The Kier molecular flexibility index (Phi) is 3.26. The van der Waals surface area contributed by atoms with E-state index in [2.05, 4.69) is 0 Å². The zero-order valence-electron chi connectivity index (χ0n) is 8.69. The molecule has 1 fully saturated rings. The van der Waals surface area contributed by atoms with E-state index in [-0.39, 0.29) is 18.9 Å². The molecule has 0 bridgehead atoms. The third-order valence-electron chi connectivity index (χ3n) is 2.67. The number of halogens is 2. The summed E-state index contributed by atoms with van der Waals surface area (Å²) in [6, 6.07) is 4.76. The van der Waals surface area contributed by atoms with E-state index in [1.165, 1.54) is 11.0 Å². The predicted molar refractivity (Wildman–Crippen MR) is 64.6 cm³/mol. The van der Waals surface area contributed by atoms with Crippen LogP contribution >= 0.6 is 23.2 Å². The van der Waals surface area contributed by atoms with Gasteiger partial charge in [0.2, 0.25) is 5.91 Å². The molecule has 1 N–H and O–H groups in total. The minimum atomic E-state index is -0.967. The summed E-state index contributed by atoms with van der Waals surface area (Å²) in [7, 11) is 0. The van der Waals surface area contributed by atoms with Crippen molar-refractivity contribution in [1.82, 2.24) is 0 Å². The maximum Gasteiger partial charge on any atom is 0.308 e. The summed E-state index contributed by atoms with van der Waals surface area (Å²) in [6.07, 6.45) is 0.00822. The fourth-order valence-corrected chi connectivity index (χ4v) is 2.32. The highest BCUT2D eigenvalue weighted by Gasteiger charge is 2.35. The molecular weight excluding hydrogens is 265 g/mol. The normalized spacial score (nSPS) is 19.8. The van der Waals surface area contributed by atoms with Crippen molar-refractivity contribution in [2.75, 3.05) is 11.4 Å². The standard InChI is InChI=1S/C11H9Cl2NO3/c12-7-1-2-9(8(13)4-7)14-5-6(11(16)17)3-10(14)15/h1-2,4,6H,3,5H2,(H,16,17)/t6-/m1/s1. The summed E-state index contributed by atoms with van der Waals surface area (Å²) < 4.78 is 0. The molecule has 2 rings (SSSR count). The number of rotatable bonds is 2. The summed E-state index contributed by atoms with van der Waals surface area (Å²) in [6.45, 7) is 0.148. The van der Waals surface area contributed by atoms with Crippen LogP contribution in [0.4, 0.5) is 5.69 Å². The quantitative estimate of drug-likeness (QED) is 0.901. The molecule has 1 amide bonds. The first-order chi connectivity index (χ1) is 7.99. The fourth-order valence-electron chi connectivity index (χ4n) is 1.81. The Labute approximate surface area is 108 Å². The molecule has 1 aliphatic heterocycles. The second-order valence-corrected chi connectivity index (χ2v) is 4.68. The average Bonchev–Trinajstić information content (AvgIpc) is 2.61. The molecule has 90 valence electrons. The van der Waals surface area contributed by atoms with E-state index in [4.69, 9.17) is 28.3 Å². The van der Waals surface area contributed by atoms with Crippen LogP contribution in [0.2, 0.25) is 10.0 Å². The Morgan fingerprint density at radius 1 is 1.41 bits per heavy atom. The van der Waals surface area contributed by atoms with Gasteiger partial charge in [0, 0.05) is 18.0 Å². The highest BCUT2D eigenvalue weighted by molar-refractivity contribution is 6.36. The lowest BCUT2D eigenvalue weighted by Gasteiger charge is -2.17. The van der Waals surface area contributed by atoms with Crippen LogP contribution in [0.1, 0.15) is 6.42 Å². The molecule has 0 aromatic heterocycles. The number of carboxylic acid groups (broad SMARTS) is 1. The van der Waals surface area contributed by atoms with Crippen molar-refractivity contribution in [3.63, 3.8) is 0 Å². The van der Waals surface area contributed by atoms with E-state index in [1.807, 2.05) is 0 Å². The van der Waals surface area contributed by atoms with Gasteiger partial charge in [-0.1, -0.05) is 23.2 Å². The molecule has 0 saturated carbocycles. The van der Waals surface area contributed by atoms with Gasteiger partial charge in [0.15, 0.2) is 0 Å². The molecule has 1 atom stereocenters. The summed E-state index contributed by atoms with van der Waals surface area (Å²) in [5, 5.41) is 9.69. The number of hydrogen-bond donors (Lipinski definition) is 1. The topological polar surface area (TPSA) is 57.6 Å². The van der Waals surface area contributed by atoms with Crippen LogP contribution in [-0.4, -0.2) is 23.5 Å². The second kappa shape index (κ2) is 4.55. The molecule has 1 aromatic rings. The molecule has 1 aromatic carbocycles. The first-order valence-corrected chi connectivity index (χ1v) is 5.73. The molecule has 0 unspecified atom stereocenters. The lowest BCUT2D eigenvalue weighted by atomic mass is 10.1. The molecular formula is C11H9Cl2NO3.